The Morgan fingerprint density at radius 3 is 2.69 bits per heavy atom. The second-order valence-corrected chi connectivity index (χ2v) is 4.50. The number of halogens is 2. The molecule has 0 spiro atoms. The molecule has 0 aromatic heterocycles. The van der Waals surface area contributed by atoms with Gasteiger partial charge in [0.15, 0.2) is 0 Å². The topological polar surface area (TPSA) is 46.2 Å². The van der Waals surface area contributed by atoms with Crippen molar-refractivity contribution >= 4 is 55.9 Å². The highest BCUT2D eigenvalue weighted by atomic mass is 127. The molecule has 0 bridgehead atoms. The number of benzene rings is 1. The Hall–Kier alpha value is -0.430. The Kier molecular flexibility index (Phi) is 2.15. The van der Waals surface area contributed by atoms with Crippen molar-refractivity contribution in [1.82, 2.24) is 0 Å². The zero-order valence-corrected chi connectivity index (χ0v) is 9.97. The molecule has 2 rings (SSSR count). The summed E-state index contributed by atoms with van der Waals surface area (Å²) >= 11 is 5.33. The van der Waals surface area contributed by atoms with Crippen molar-refractivity contribution in [2.45, 2.75) is 0 Å². The van der Waals surface area contributed by atoms with Crippen LogP contribution in [0.25, 0.3) is 0 Å². The lowest BCUT2D eigenvalue weighted by Gasteiger charge is -2.00. The quantitative estimate of drug-likeness (QED) is 0.575. The molecule has 1 heterocycles. The van der Waals surface area contributed by atoms with Gasteiger partial charge in [-0.15, -0.1) is 0 Å². The molecule has 5 heteroatoms. The van der Waals surface area contributed by atoms with Crippen molar-refractivity contribution in [3.63, 3.8) is 0 Å². The number of carbonyl (C=O) groups excluding carboxylic acids is 2. The van der Waals surface area contributed by atoms with Crippen LogP contribution in [-0.2, 0) is 4.79 Å². The lowest BCUT2D eigenvalue weighted by atomic mass is 10.1. The molecule has 0 atom stereocenters. The molecule has 66 valence electrons. The summed E-state index contributed by atoms with van der Waals surface area (Å²) < 4.78 is 1.61. The van der Waals surface area contributed by atoms with Crippen molar-refractivity contribution in [3.8, 4) is 0 Å². The summed E-state index contributed by atoms with van der Waals surface area (Å²) in [6.07, 6.45) is 0. The minimum atomic E-state index is -0.550. The summed E-state index contributed by atoms with van der Waals surface area (Å²) in [5.74, 6) is -1.01. The predicted octanol–water partition coefficient (Wildman–Crippen LogP) is 2.19. The molecule has 0 saturated carbocycles. The van der Waals surface area contributed by atoms with E-state index in [4.69, 9.17) is 0 Å². The Labute approximate surface area is 96.2 Å². The first kappa shape index (κ1) is 9.14. The Bertz CT molecular complexity index is 430. The molecular formula is C8H3BrINO2. The highest BCUT2D eigenvalue weighted by Crippen LogP contribution is 2.32. The van der Waals surface area contributed by atoms with Crippen molar-refractivity contribution in [3.05, 3.63) is 25.7 Å². The van der Waals surface area contributed by atoms with E-state index in [0.29, 0.717) is 11.3 Å². The summed E-state index contributed by atoms with van der Waals surface area (Å²) in [6, 6.07) is 3.52. The molecule has 0 unspecified atom stereocenters. The fraction of sp³-hybridized carbons (Fsp3) is 0. The second-order valence-electron chi connectivity index (χ2n) is 2.57. The van der Waals surface area contributed by atoms with Crippen molar-refractivity contribution in [1.29, 1.82) is 0 Å². The Morgan fingerprint density at radius 1 is 1.31 bits per heavy atom. The number of hydrogen-bond donors (Lipinski definition) is 1. The van der Waals surface area contributed by atoms with Gasteiger partial charge in [0.2, 0.25) is 0 Å². The van der Waals surface area contributed by atoms with E-state index >= 15 is 0 Å². The minimum Gasteiger partial charge on any atom is -0.318 e. The van der Waals surface area contributed by atoms with Gasteiger partial charge in [-0.2, -0.15) is 0 Å². The fourth-order valence-electron chi connectivity index (χ4n) is 1.17. The number of hydrogen-bond acceptors (Lipinski definition) is 2. The van der Waals surface area contributed by atoms with Crippen LogP contribution in [0, 0.1) is 3.57 Å². The van der Waals surface area contributed by atoms with Gasteiger partial charge in [-0.25, -0.2) is 0 Å². The minimum absolute atomic E-state index is 0.458. The third-order valence-electron chi connectivity index (χ3n) is 1.78. The average molecular weight is 352 g/mol. The van der Waals surface area contributed by atoms with E-state index in [1.807, 2.05) is 22.6 Å². The van der Waals surface area contributed by atoms with Gasteiger partial charge in [0.1, 0.15) is 0 Å². The van der Waals surface area contributed by atoms with Gasteiger partial charge in [0.05, 0.1) is 11.3 Å². The predicted molar refractivity (Wildman–Crippen MR) is 59.8 cm³/mol. The summed E-state index contributed by atoms with van der Waals surface area (Å²) in [7, 11) is 0. The molecule has 1 aromatic carbocycles. The van der Waals surface area contributed by atoms with Crippen LogP contribution in [0.4, 0.5) is 5.69 Å². The molecule has 1 amide bonds. The molecule has 13 heavy (non-hydrogen) atoms. The van der Waals surface area contributed by atoms with Gasteiger partial charge < -0.3 is 5.32 Å². The maximum atomic E-state index is 11.3. The highest BCUT2D eigenvalue weighted by molar-refractivity contribution is 14.1. The van der Waals surface area contributed by atoms with Crippen LogP contribution in [-0.4, -0.2) is 11.7 Å². The number of carbonyl (C=O) groups is 2. The van der Waals surface area contributed by atoms with Crippen LogP contribution in [0.2, 0.25) is 0 Å². The van der Waals surface area contributed by atoms with E-state index in [9.17, 15) is 9.59 Å². The molecule has 0 radical (unpaired) electrons. The van der Waals surface area contributed by atoms with Crippen LogP contribution >= 0.6 is 38.5 Å². The lowest BCUT2D eigenvalue weighted by molar-refractivity contribution is -0.112. The number of amides is 1. The Morgan fingerprint density at radius 2 is 2.00 bits per heavy atom. The first-order chi connectivity index (χ1) is 6.11. The smallest absolute Gasteiger partial charge is 0.296 e. The molecule has 3 nitrogen and oxygen atoms in total. The van der Waals surface area contributed by atoms with E-state index in [2.05, 4.69) is 21.2 Å². The summed E-state index contributed by atoms with van der Waals surface area (Å²) in [4.78, 5) is 22.3. The molecule has 1 aliphatic heterocycles. The third-order valence-corrected chi connectivity index (χ3v) is 4.30. The second kappa shape index (κ2) is 3.06. The maximum Gasteiger partial charge on any atom is 0.296 e. The average Bonchev–Trinajstić information content (AvgIpc) is 2.37. The molecule has 1 aliphatic rings. The van der Waals surface area contributed by atoms with Gasteiger partial charge in [0, 0.05) is 8.04 Å². The van der Waals surface area contributed by atoms with E-state index in [-0.39, 0.29) is 0 Å². The van der Waals surface area contributed by atoms with Crippen molar-refractivity contribution < 1.29 is 9.59 Å². The van der Waals surface area contributed by atoms with Gasteiger partial charge in [-0.3, -0.25) is 9.59 Å². The first-order valence-corrected chi connectivity index (χ1v) is 5.32. The van der Waals surface area contributed by atoms with E-state index in [1.165, 1.54) is 0 Å². The van der Waals surface area contributed by atoms with Gasteiger partial charge >= 0.3 is 0 Å². The van der Waals surface area contributed by atoms with Crippen LogP contribution < -0.4 is 5.32 Å². The molecular weight excluding hydrogens is 349 g/mol. The zero-order chi connectivity index (χ0) is 9.59. The van der Waals surface area contributed by atoms with Crippen LogP contribution in [0.15, 0.2) is 16.6 Å². The molecule has 1 aromatic rings. The zero-order valence-electron chi connectivity index (χ0n) is 6.23. The summed E-state index contributed by atoms with van der Waals surface area (Å²) in [6.45, 7) is 0. The van der Waals surface area contributed by atoms with Crippen molar-refractivity contribution in [2.75, 3.05) is 5.32 Å². The van der Waals surface area contributed by atoms with E-state index in [0.717, 1.165) is 8.04 Å². The Balaban J connectivity index is 2.73. The van der Waals surface area contributed by atoms with Crippen LogP contribution in [0.3, 0.4) is 0 Å². The standard InChI is InChI=1S/C8H3BrINO2/c9-3-1-2-4-5(6(3)10)7(12)8(13)11-4/h1-2H,(H,11,12,13). The normalized spacial score (nSPS) is 14.3. The molecule has 0 saturated heterocycles. The molecule has 0 fully saturated rings. The molecule has 1 N–H and O–H groups in total. The summed E-state index contributed by atoms with van der Waals surface area (Å²) in [5, 5.41) is 2.50. The third kappa shape index (κ3) is 1.30. The SMILES string of the molecule is O=C1Nc2ccc(Br)c(I)c2C1=O. The summed E-state index contributed by atoms with van der Waals surface area (Å²) in [5.41, 5.74) is 1.07. The van der Waals surface area contributed by atoms with Crippen LogP contribution in [0.5, 0.6) is 0 Å². The van der Waals surface area contributed by atoms with Gasteiger partial charge in [-0.05, 0) is 50.7 Å². The highest BCUT2D eigenvalue weighted by Gasteiger charge is 2.30. The number of nitrogens with one attached hydrogen (secondary N) is 1. The van der Waals surface area contributed by atoms with Gasteiger partial charge in [0.25, 0.3) is 11.7 Å². The first-order valence-electron chi connectivity index (χ1n) is 3.45. The largest absolute Gasteiger partial charge is 0.318 e. The number of fused-ring (bicyclic) bond motifs is 1. The number of ketones is 1. The van der Waals surface area contributed by atoms with E-state index in [1.54, 1.807) is 12.1 Å². The number of anilines is 1. The van der Waals surface area contributed by atoms with Crippen molar-refractivity contribution in [2.24, 2.45) is 0 Å². The van der Waals surface area contributed by atoms with E-state index < -0.39 is 11.7 Å². The van der Waals surface area contributed by atoms with Crippen LogP contribution in [0.1, 0.15) is 10.4 Å². The monoisotopic (exact) mass is 351 g/mol. The maximum absolute atomic E-state index is 11.3. The lowest BCUT2D eigenvalue weighted by Crippen LogP contribution is -2.12. The number of rotatable bonds is 0. The van der Waals surface area contributed by atoms with Gasteiger partial charge in [-0.1, -0.05) is 0 Å². The fourth-order valence-corrected chi connectivity index (χ4v) is 2.22. The number of Topliss-reactive ketones (excluding diaryl/α,β-unsaturated/α-hetero) is 1. The molecule has 0 aliphatic carbocycles.